The van der Waals surface area contributed by atoms with Crippen molar-refractivity contribution in [1.82, 2.24) is 5.32 Å². The standard InChI is InChI=1S/C14H22N2/c15-13(11-16-14-7-4-8-14)10-9-12-5-2-1-3-6-12/h1-3,5-6,13-14,16H,4,7-11,15H2. The molecule has 16 heavy (non-hydrogen) atoms. The zero-order valence-corrected chi connectivity index (χ0v) is 9.86. The summed E-state index contributed by atoms with van der Waals surface area (Å²) in [5, 5.41) is 3.53. The smallest absolute Gasteiger partial charge is 0.0168 e. The predicted molar refractivity (Wildman–Crippen MR) is 68.4 cm³/mol. The van der Waals surface area contributed by atoms with Crippen LogP contribution in [0.15, 0.2) is 30.3 Å². The number of benzene rings is 1. The van der Waals surface area contributed by atoms with Crippen LogP contribution in [0.25, 0.3) is 0 Å². The van der Waals surface area contributed by atoms with E-state index in [0.717, 1.165) is 25.4 Å². The fraction of sp³-hybridized carbons (Fsp3) is 0.571. The molecule has 0 radical (unpaired) electrons. The van der Waals surface area contributed by atoms with Gasteiger partial charge in [-0.1, -0.05) is 36.8 Å². The third kappa shape index (κ3) is 3.62. The SMILES string of the molecule is NC(CCc1ccccc1)CNC1CCC1. The van der Waals surface area contributed by atoms with Crippen LogP contribution < -0.4 is 11.1 Å². The van der Waals surface area contributed by atoms with Crippen molar-refractivity contribution < 1.29 is 0 Å². The van der Waals surface area contributed by atoms with Crippen LogP contribution in [0.3, 0.4) is 0 Å². The largest absolute Gasteiger partial charge is 0.327 e. The number of hydrogen-bond acceptors (Lipinski definition) is 2. The highest BCUT2D eigenvalue weighted by molar-refractivity contribution is 5.14. The van der Waals surface area contributed by atoms with Gasteiger partial charge in [0.1, 0.15) is 0 Å². The molecule has 1 aromatic carbocycles. The Morgan fingerprint density at radius 1 is 1.25 bits per heavy atom. The Balaban J connectivity index is 1.61. The highest BCUT2D eigenvalue weighted by Gasteiger charge is 2.17. The lowest BCUT2D eigenvalue weighted by Gasteiger charge is -2.28. The summed E-state index contributed by atoms with van der Waals surface area (Å²) in [7, 11) is 0. The third-order valence-corrected chi connectivity index (χ3v) is 3.42. The Morgan fingerprint density at radius 2 is 2.00 bits per heavy atom. The summed E-state index contributed by atoms with van der Waals surface area (Å²) in [6.45, 7) is 0.970. The summed E-state index contributed by atoms with van der Waals surface area (Å²) >= 11 is 0. The quantitative estimate of drug-likeness (QED) is 0.767. The van der Waals surface area contributed by atoms with E-state index in [9.17, 15) is 0 Å². The normalized spacial score (nSPS) is 18.1. The topological polar surface area (TPSA) is 38.0 Å². The number of aryl methyl sites for hydroxylation is 1. The molecule has 1 aliphatic rings. The van der Waals surface area contributed by atoms with Gasteiger partial charge in [0.15, 0.2) is 0 Å². The minimum absolute atomic E-state index is 0.292. The van der Waals surface area contributed by atoms with Crippen LogP contribution in [0.1, 0.15) is 31.2 Å². The van der Waals surface area contributed by atoms with Crippen molar-refractivity contribution in [3.05, 3.63) is 35.9 Å². The summed E-state index contributed by atoms with van der Waals surface area (Å²) in [5.41, 5.74) is 7.48. The molecular formula is C14H22N2. The second-order valence-electron chi connectivity index (χ2n) is 4.82. The lowest BCUT2D eigenvalue weighted by molar-refractivity contribution is 0.329. The van der Waals surface area contributed by atoms with Crippen LogP contribution in [-0.2, 0) is 6.42 Å². The number of rotatable bonds is 6. The minimum Gasteiger partial charge on any atom is -0.327 e. The molecule has 0 bridgehead atoms. The van der Waals surface area contributed by atoms with Crippen LogP contribution >= 0.6 is 0 Å². The van der Waals surface area contributed by atoms with Gasteiger partial charge in [-0.15, -0.1) is 0 Å². The molecule has 1 aliphatic carbocycles. The van der Waals surface area contributed by atoms with Crippen molar-refractivity contribution in [2.75, 3.05) is 6.54 Å². The first-order valence-corrected chi connectivity index (χ1v) is 6.37. The van der Waals surface area contributed by atoms with Gasteiger partial charge in [0.05, 0.1) is 0 Å². The van der Waals surface area contributed by atoms with Crippen molar-refractivity contribution in [1.29, 1.82) is 0 Å². The summed E-state index contributed by atoms with van der Waals surface area (Å²) in [5.74, 6) is 0. The van der Waals surface area contributed by atoms with Crippen LogP contribution in [0.4, 0.5) is 0 Å². The maximum Gasteiger partial charge on any atom is 0.0168 e. The van der Waals surface area contributed by atoms with Crippen LogP contribution in [-0.4, -0.2) is 18.6 Å². The molecule has 1 saturated carbocycles. The van der Waals surface area contributed by atoms with Gasteiger partial charge in [-0.25, -0.2) is 0 Å². The molecule has 0 aliphatic heterocycles. The Kier molecular flexibility index (Phi) is 4.37. The van der Waals surface area contributed by atoms with E-state index in [4.69, 9.17) is 5.73 Å². The van der Waals surface area contributed by atoms with Gasteiger partial charge in [-0.05, 0) is 31.2 Å². The Morgan fingerprint density at radius 3 is 2.62 bits per heavy atom. The van der Waals surface area contributed by atoms with E-state index in [-0.39, 0.29) is 0 Å². The van der Waals surface area contributed by atoms with Crippen LogP contribution in [0.2, 0.25) is 0 Å². The fourth-order valence-electron chi connectivity index (χ4n) is 2.03. The molecule has 0 amide bonds. The van der Waals surface area contributed by atoms with E-state index in [0.29, 0.717) is 6.04 Å². The van der Waals surface area contributed by atoms with Crippen LogP contribution in [0, 0.1) is 0 Å². The van der Waals surface area contributed by atoms with E-state index in [1.165, 1.54) is 24.8 Å². The van der Waals surface area contributed by atoms with E-state index in [2.05, 4.69) is 35.6 Å². The molecule has 0 saturated heterocycles. The average Bonchev–Trinajstić information content (AvgIpc) is 2.26. The van der Waals surface area contributed by atoms with Gasteiger partial charge in [0.2, 0.25) is 0 Å². The molecule has 3 N–H and O–H groups in total. The third-order valence-electron chi connectivity index (χ3n) is 3.42. The van der Waals surface area contributed by atoms with Crippen molar-refractivity contribution >= 4 is 0 Å². The van der Waals surface area contributed by atoms with Crippen molar-refractivity contribution in [3.8, 4) is 0 Å². The second kappa shape index (κ2) is 6.02. The minimum atomic E-state index is 0.292. The molecule has 1 atom stereocenters. The van der Waals surface area contributed by atoms with Crippen molar-refractivity contribution in [2.24, 2.45) is 5.73 Å². The van der Waals surface area contributed by atoms with E-state index in [1.807, 2.05) is 0 Å². The summed E-state index contributed by atoms with van der Waals surface area (Å²) < 4.78 is 0. The molecule has 0 aromatic heterocycles. The summed E-state index contributed by atoms with van der Waals surface area (Å²) in [6.07, 6.45) is 6.23. The highest BCUT2D eigenvalue weighted by Crippen LogP contribution is 2.17. The molecule has 1 aromatic rings. The van der Waals surface area contributed by atoms with Crippen LogP contribution in [0.5, 0.6) is 0 Å². The maximum atomic E-state index is 6.09. The summed E-state index contributed by atoms with van der Waals surface area (Å²) in [4.78, 5) is 0. The molecule has 1 fully saturated rings. The monoisotopic (exact) mass is 218 g/mol. The van der Waals surface area contributed by atoms with Gasteiger partial charge < -0.3 is 11.1 Å². The lowest BCUT2D eigenvalue weighted by atomic mass is 9.93. The Labute approximate surface area is 98.2 Å². The van der Waals surface area contributed by atoms with Crippen molar-refractivity contribution in [3.63, 3.8) is 0 Å². The highest BCUT2D eigenvalue weighted by atomic mass is 14.9. The number of nitrogens with one attached hydrogen (secondary N) is 1. The van der Waals surface area contributed by atoms with Gasteiger partial charge in [-0.2, -0.15) is 0 Å². The molecule has 2 nitrogen and oxygen atoms in total. The molecule has 2 heteroatoms. The molecule has 0 spiro atoms. The van der Waals surface area contributed by atoms with E-state index < -0.39 is 0 Å². The Bertz CT molecular complexity index is 293. The van der Waals surface area contributed by atoms with E-state index in [1.54, 1.807) is 0 Å². The van der Waals surface area contributed by atoms with Gasteiger partial charge in [0, 0.05) is 18.6 Å². The fourth-order valence-corrected chi connectivity index (χ4v) is 2.03. The Hall–Kier alpha value is -0.860. The zero-order valence-electron chi connectivity index (χ0n) is 9.86. The predicted octanol–water partition coefficient (Wildman–Crippen LogP) is 2.09. The number of nitrogens with two attached hydrogens (primary N) is 1. The number of hydrogen-bond donors (Lipinski definition) is 2. The lowest BCUT2D eigenvalue weighted by Crippen LogP contribution is -2.42. The molecular weight excluding hydrogens is 196 g/mol. The maximum absolute atomic E-state index is 6.09. The first-order chi connectivity index (χ1) is 7.84. The van der Waals surface area contributed by atoms with Gasteiger partial charge >= 0.3 is 0 Å². The van der Waals surface area contributed by atoms with E-state index >= 15 is 0 Å². The molecule has 1 unspecified atom stereocenters. The molecule has 88 valence electrons. The average molecular weight is 218 g/mol. The zero-order chi connectivity index (χ0) is 11.2. The van der Waals surface area contributed by atoms with Gasteiger partial charge in [-0.3, -0.25) is 0 Å². The molecule has 2 rings (SSSR count). The molecule has 0 heterocycles. The first-order valence-electron chi connectivity index (χ1n) is 6.37. The van der Waals surface area contributed by atoms with Crippen molar-refractivity contribution in [2.45, 2.75) is 44.2 Å². The second-order valence-corrected chi connectivity index (χ2v) is 4.82. The van der Waals surface area contributed by atoms with Gasteiger partial charge in [0.25, 0.3) is 0 Å². The first kappa shape index (κ1) is 11.6. The summed E-state index contributed by atoms with van der Waals surface area (Å²) in [6, 6.07) is 11.6.